The van der Waals surface area contributed by atoms with Crippen molar-refractivity contribution in [1.82, 2.24) is 10.2 Å². The Hall–Kier alpha value is -2.03. The lowest BCUT2D eigenvalue weighted by Gasteiger charge is -2.01. The maximum absolute atomic E-state index is 10.8. The topological polar surface area (TPSA) is 88.2 Å². The lowest BCUT2D eigenvalue weighted by Crippen LogP contribution is -1.91. The number of nitrogens with one attached hydrogen (secondary N) is 1. The van der Waals surface area contributed by atoms with Crippen LogP contribution in [0, 0.1) is 0 Å². The number of carboxylic acids is 1. The maximum Gasteiger partial charge on any atom is 0.371 e. The van der Waals surface area contributed by atoms with Crippen LogP contribution in [0.2, 0.25) is 5.02 Å². The van der Waals surface area contributed by atoms with Crippen LogP contribution < -0.4 is 5.32 Å². The Bertz CT molecular complexity index is 834. The first-order chi connectivity index (χ1) is 11.1. The van der Waals surface area contributed by atoms with Crippen molar-refractivity contribution < 1.29 is 14.3 Å². The van der Waals surface area contributed by atoms with Gasteiger partial charge in [0.15, 0.2) is 4.34 Å². The molecule has 0 radical (unpaired) electrons. The molecule has 1 aromatic carbocycles. The molecule has 2 heterocycles. The quantitative estimate of drug-likeness (QED) is 0.619. The van der Waals surface area contributed by atoms with Crippen LogP contribution in [0.15, 0.2) is 45.2 Å². The molecule has 0 amide bonds. The van der Waals surface area contributed by atoms with Gasteiger partial charge in [-0.25, -0.2) is 4.79 Å². The second-order valence-electron chi connectivity index (χ2n) is 4.37. The highest BCUT2D eigenvalue weighted by Crippen LogP contribution is 2.30. The number of rotatable bonds is 6. The molecule has 9 heteroatoms. The summed E-state index contributed by atoms with van der Waals surface area (Å²) in [5.74, 6) is -0.0858. The summed E-state index contributed by atoms with van der Waals surface area (Å²) in [6.45, 7) is 0. The van der Waals surface area contributed by atoms with Gasteiger partial charge in [-0.1, -0.05) is 40.8 Å². The smallest absolute Gasteiger partial charge is 0.371 e. The Kier molecular flexibility index (Phi) is 4.85. The fourth-order valence-corrected chi connectivity index (χ4v) is 3.57. The van der Waals surface area contributed by atoms with Crippen molar-refractivity contribution in [2.75, 3.05) is 5.32 Å². The first-order valence-electron chi connectivity index (χ1n) is 6.41. The number of thioether (sulfide) groups is 1. The minimum absolute atomic E-state index is 0.0684. The molecule has 6 nitrogen and oxygen atoms in total. The number of carbonyl (C=O) groups is 1. The van der Waals surface area contributed by atoms with Crippen molar-refractivity contribution in [2.45, 2.75) is 10.1 Å². The molecule has 0 fully saturated rings. The zero-order valence-electron chi connectivity index (χ0n) is 11.5. The van der Waals surface area contributed by atoms with Gasteiger partial charge >= 0.3 is 5.97 Å². The molecule has 0 bridgehead atoms. The van der Waals surface area contributed by atoms with Crippen LogP contribution in [0.3, 0.4) is 0 Å². The average Bonchev–Trinajstić information content (AvgIpc) is 3.14. The predicted octanol–water partition coefficient (Wildman–Crippen LogP) is 4.52. The third-order valence-electron chi connectivity index (χ3n) is 2.69. The number of nitrogens with zero attached hydrogens (tertiary/aromatic N) is 2. The maximum atomic E-state index is 10.8. The highest BCUT2D eigenvalue weighted by molar-refractivity contribution is 8.00. The Morgan fingerprint density at radius 3 is 2.96 bits per heavy atom. The molecule has 0 aliphatic rings. The highest BCUT2D eigenvalue weighted by Gasteiger charge is 2.11. The van der Waals surface area contributed by atoms with Gasteiger partial charge in [0, 0.05) is 10.7 Å². The van der Waals surface area contributed by atoms with Crippen LogP contribution in [-0.4, -0.2) is 21.3 Å². The van der Waals surface area contributed by atoms with Crippen LogP contribution in [-0.2, 0) is 5.75 Å². The molecule has 0 saturated carbocycles. The molecule has 0 saturated heterocycles. The number of halogens is 1. The lowest BCUT2D eigenvalue weighted by atomic mass is 10.3. The lowest BCUT2D eigenvalue weighted by molar-refractivity contribution is 0.0661. The molecule has 0 aliphatic heterocycles. The molecule has 23 heavy (non-hydrogen) atoms. The van der Waals surface area contributed by atoms with Crippen molar-refractivity contribution in [3.05, 3.63) is 52.9 Å². The summed E-state index contributed by atoms with van der Waals surface area (Å²) in [5, 5.41) is 21.4. The van der Waals surface area contributed by atoms with E-state index in [4.69, 9.17) is 21.1 Å². The van der Waals surface area contributed by atoms with E-state index >= 15 is 0 Å². The van der Waals surface area contributed by atoms with Gasteiger partial charge in [-0.15, -0.1) is 10.2 Å². The number of hydrogen-bond acceptors (Lipinski definition) is 7. The van der Waals surface area contributed by atoms with E-state index in [0.29, 0.717) is 21.7 Å². The molecular weight excluding hydrogens is 358 g/mol. The van der Waals surface area contributed by atoms with Gasteiger partial charge in [-0.3, -0.25) is 0 Å². The standard InChI is InChI=1S/C14H10ClN3O3S2/c15-8-2-1-3-9(6-8)16-13-17-18-14(23-13)22-7-10-4-5-11(21-10)12(19)20/h1-6H,7H2,(H,16,17)(H,19,20). The van der Waals surface area contributed by atoms with E-state index in [2.05, 4.69) is 15.5 Å². The third-order valence-corrected chi connectivity index (χ3v) is 4.92. The Morgan fingerprint density at radius 1 is 1.35 bits per heavy atom. The number of anilines is 2. The van der Waals surface area contributed by atoms with E-state index in [1.165, 1.54) is 29.2 Å². The van der Waals surface area contributed by atoms with Crippen LogP contribution in [0.4, 0.5) is 10.8 Å². The van der Waals surface area contributed by atoms with Crippen LogP contribution in [0.1, 0.15) is 16.3 Å². The van der Waals surface area contributed by atoms with E-state index in [1.54, 1.807) is 18.2 Å². The summed E-state index contributed by atoms with van der Waals surface area (Å²) in [6, 6.07) is 10.4. The summed E-state index contributed by atoms with van der Waals surface area (Å²) < 4.78 is 5.94. The molecule has 2 aromatic heterocycles. The molecule has 3 aromatic rings. The monoisotopic (exact) mass is 367 g/mol. The van der Waals surface area contributed by atoms with Crippen molar-refractivity contribution in [1.29, 1.82) is 0 Å². The van der Waals surface area contributed by atoms with Crippen LogP contribution in [0.5, 0.6) is 0 Å². The minimum atomic E-state index is -1.08. The minimum Gasteiger partial charge on any atom is -0.475 e. The van der Waals surface area contributed by atoms with Gasteiger partial charge in [0.2, 0.25) is 10.9 Å². The number of hydrogen-bond donors (Lipinski definition) is 2. The third kappa shape index (κ3) is 4.25. The van der Waals surface area contributed by atoms with E-state index in [9.17, 15) is 4.79 Å². The fourth-order valence-electron chi connectivity index (χ4n) is 1.71. The van der Waals surface area contributed by atoms with Gasteiger partial charge < -0.3 is 14.8 Å². The number of carboxylic acid groups (broad SMARTS) is 1. The molecule has 0 aliphatic carbocycles. The number of aromatic nitrogens is 2. The Morgan fingerprint density at radius 2 is 2.22 bits per heavy atom. The SMILES string of the molecule is O=C(O)c1ccc(CSc2nnc(Nc3cccc(Cl)c3)s2)o1. The highest BCUT2D eigenvalue weighted by atomic mass is 35.5. The van der Waals surface area contributed by atoms with Crippen molar-refractivity contribution in [2.24, 2.45) is 0 Å². The van der Waals surface area contributed by atoms with Crippen molar-refractivity contribution in [3.8, 4) is 0 Å². The van der Waals surface area contributed by atoms with E-state index < -0.39 is 5.97 Å². The first-order valence-corrected chi connectivity index (χ1v) is 8.59. The molecule has 118 valence electrons. The summed E-state index contributed by atoms with van der Waals surface area (Å²) >= 11 is 8.75. The van der Waals surface area contributed by atoms with Gasteiger partial charge in [-0.2, -0.15) is 0 Å². The number of benzene rings is 1. The number of aromatic carboxylic acids is 1. The van der Waals surface area contributed by atoms with E-state index in [-0.39, 0.29) is 5.76 Å². The molecule has 0 unspecified atom stereocenters. The summed E-state index contributed by atoms with van der Waals surface area (Å²) in [6.07, 6.45) is 0. The molecule has 3 rings (SSSR count). The first kappa shape index (κ1) is 15.9. The van der Waals surface area contributed by atoms with Gasteiger partial charge in [0.05, 0.1) is 5.75 Å². The summed E-state index contributed by atoms with van der Waals surface area (Å²) in [7, 11) is 0. The zero-order valence-corrected chi connectivity index (χ0v) is 13.9. The molecule has 0 atom stereocenters. The van der Waals surface area contributed by atoms with Crippen molar-refractivity contribution >= 4 is 51.5 Å². The second kappa shape index (κ2) is 7.03. The number of furan rings is 1. The summed E-state index contributed by atoms with van der Waals surface area (Å²) in [5.41, 5.74) is 0.835. The molecule has 0 spiro atoms. The van der Waals surface area contributed by atoms with Gasteiger partial charge in [-0.05, 0) is 30.3 Å². The predicted molar refractivity (Wildman–Crippen MR) is 89.9 cm³/mol. The van der Waals surface area contributed by atoms with Gasteiger partial charge in [0.25, 0.3) is 0 Å². The average molecular weight is 368 g/mol. The largest absolute Gasteiger partial charge is 0.475 e. The van der Waals surface area contributed by atoms with E-state index in [0.717, 1.165) is 10.0 Å². The fraction of sp³-hybridized carbons (Fsp3) is 0.0714. The molecular formula is C14H10ClN3O3S2. The normalized spacial score (nSPS) is 10.7. The van der Waals surface area contributed by atoms with Gasteiger partial charge in [0.1, 0.15) is 5.76 Å². The Balaban J connectivity index is 1.59. The van der Waals surface area contributed by atoms with Crippen molar-refractivity contribution in [3.63, 3.8) is 0 Å². The van der Waals surface area contributed by atoms with Crippen LogP contribution >= 0.6 is 34.7 Å². The second-order valence-corrected chi connectivity index (χ2v) is 7.00. The summed E-state index contributed by atoms with van der Waals surface area (Å²) in [4.78, 5) is 10.8. The Labute approximate surface area is 144 Å². The zero-order chi connectivity index (χ0) is 16.2. The van der Waals surface area contributed by atoms with E-state index in [1.807, 2.05) is 12.1 Å². The van der Waals surface area contributed by atoms with Crippen LogP contribution in [0.25, 0.3) is 0 Å². The molecule has 2 N–H and O–H groups in total.